The van der Waals surface area contributed by atoms with E-state index in [1.165, 1.54) is 5.56 Å². The minimum absolute atomic E-state index is 0.0787. The third kappa shape index (κ3) is 6.06. The molecule has 112 valence electrons. The molecule has 1 aromatic carbocycles. The minimum Gasteiger partial charge on any atom is -0.261 e. The molecule has 0 unspecified atom stereocenters. The smallest absolute Gasteiger partial charge is 0.211 e. The average Bonchev–Trinajstić information content (AvgIpc) is 2.52. The van der Waals surface area contributed by atoms with Gasteiger partial charge < -0.3 is 0 Å². The van der Waals surface area contributed by atoms with Crippen molar-refractivity contribution < 1.29 is 8.42 Å². The van der Waals surface area contributed by atoms with Crippen LogP contribution >= 0.6 is 0 Å². The lowest BCUT2D eigenvalue weighted by Crippen LogP contribution is -2.28. The second-order valence-electron chi connectivity index (χ2n) is 4.87. The summed E-state index contributed by atoms with van der Waals surface area (Å²) < 4.78 is 26.4. The van der Waals surface area contributed by atoms with Crippen LogP contribution in [-0.2, 0) is 22.9 Å². The predicted molar refractivity (Wildman–Crippen MR) is 84.5 cm³/mol. The van der Waals surface area contributed by atoms with Crippen LogP contribution in [-0.4, -0.2) is 25.7 Å². The van der Waals surface area contributed by atoms with Crippen molar-refractivity contribution in [3.63, 3.8) is 0 Å². The molecule has 1 aromatic heterocycles. The number of pyridine rings is 1. The Hall–Kier alpha value is -1.72. The molecule has 0 saturated carbocycles. The molecule has 0 aliphatic carbocycles. The summed E-state index contributed by atoms with van der Waals surface area (Å²) in [5, 5.41) is 0. The predicted octanol–water partition coefficient (Wildman–Crippen LogP) is 2.18. The monoisotopic (exact) mass is 304 g/mol. The highest BCUT2D eigenvalue weighted by atomic mass is 32.2. The normalized spacial score (nSPS) is 11.4. The highest BCUT2D eigenvalue weighted by Crippen LogP contribution is 2.02. The Labute approximate surface area is 126 Å². The fourth-order valence-electron chi connectivity index (χ4n) is 2.02. The van der Waals surface area contributed by atoms with Gasteiger partial charge in [-0.15, -0.1) is 0 Å². The fraction of sp³-hybridized carbons (Fsp3) is 0.312. The summed E-state index contributed by atoms with van der Waals surface area (Å²) >= 11 is 0. The van der Waals surface area contributed by atoms with Gasteiger partial charge in [0.2, 0.25) is 10.0 Å². The van der Waals surface area contributed by atoms with Gasteiger partial charge in [0.1, 0.15) is 0 Å². The fourth-order valence-corrected chi connectivity index (χ4v) is 3.10. The van der Waals surface area contributed by atoms with Crippen LogP contribution in [0.1, 0.15) is 17.7 Å². The first-order chi connectivity index (χ1) is 10.2. The molecule has 0 atom stereocenters. The number of hydrogen-bond acceptors (Lipinski definition) is 3. The van der Waals surface area contributed by atoms with Crippen LogP contribution in [0.3, 0.4) is 0 Å². The SMILES string of the molecule is O=S(=O)(CCc1ccccn1)NCCCc1ccccc1. The molecule has 0 bridgehead atoms. The van der Waals surface area contributed by atoms with Gasteiger partial charge in [-0.25, -0.2) is 13.1 Å². The van der Waals surface area contributed by atoms with Crippen LogP contribution in [0, 0.1) is 0 Å². The molecule has 5 heteroatoms. The Morgan fingerprint density at radius 1 is 0.952 bits per heavy atom. The van der Waals surface area contributed by atoms with Crippen molar-refractivity contribution in [2.75, 3.05) is 12.3 Å². The topological polar surface area (TPSA) is 59.1 Å². The minimum atomic E-state index is -3.22. The molecule has 0 fully saturated rings. The van der Waals surface area contributed by atoms with Gasteiger partial charge in [-0.3, -0.25) is 4.98 Å². The third-order valence-electron chi connectivity index (χ3n) is 3.16. The Morgan fingerprint density at radius 2 is 1.71 bits per heavy atom. The van der Waals surface area contributed by atoms with E-state index in [2.05, 4.69) is 21.8 Å². The number of aromatic nitrogens is 1. The summed E-state index contributed by atoms with van der Waals surface area (Å²) in [5.74, 6) is 0.0787. The number of aryl methyl sites for hydroxylation is 2. The Balaban J connectivity index is 1.69. The van der Waals surface area contributed by atoms with Gasteiger partial charge in [0.05, 0.1) is 5.75 Å². The maximum absolute atomic E-state index is 11.9. The first-order valence-corrected chi connectivity index (χ1v) is 8.72. The molecule has 2 rings (SSSR count). The lowest BCUT2D eigenvalue weighted by Gasteiger charge is -2.06. The molecule has 0 radical (unpaired) electrons. The van der Waals surface area contributed by atoms with E-state index in [9.17, 15) is 8.42 Å². The van der Waals surface area contributed by atoms with Gasteiger partial charge in [-0.1, -0.05) is 36.4 Å². The number of sulfonamides is 1. The summed E-state index contributed by atoms with van der Waals surface area (Å²) in [7, 11) is -3.22. The molecule has 21 heavy (non-hydrogen) atoms. The standard InChI is InChI=1S/C16H20N2O2S/c19-21(20,14-11-16-10-4-5-12-17-16)18-13-6-9-15-7-2-1-3-8-15/h1-5,7-8,10,12,18H,6,9,11,13-14H2. The molecular weight excluding hydrogens is 284 g/mol. The number of nitrogens with zero attached hydrogens (tertiary/aromatic N) is 1. The Morgan fingerprint density at radius 3 is 2.43 bits per heavy atom. The first kappa shape index (κ1) is 15.7. The third-order valence-corrected chi connectivity index (χ3v) is 4.55. The van der Waals surface area contributed by atoms with Crippen LogP contribution < -0.4 is 4.72 Å². The lowest BCUT2D eigenvalue weighted by atomic mass is 10.1. The average molecular weight is 304 g/mol. The van der Waals surface area contributed by atoms with Gasteiger partial charge in [-0.05, 0) is 30.5 Å². The lowest BCUT2D eigenvalue weighted by molar-refractivity contribution is 0.578. The van der Waals surface area contributed by atoms with Gasteiger partial charge in [-0.2, -0.15) is 0 Å². The summed E-state index contributed by atoms with van der Waals surface area (Å²) in [6, 6.07) is 15.6. The number of rotatable bonds is 8. The van der Waals surface area contributed by atoms with Crippen molar-refractivity contribution in [1.82, 2.24) is 9.71 Å². The van der Waals surface area contributed by atoms with Gasteiger partial charge >= 0.3 is 0 Å². The van der Waals surface area contributed by atoms with E-state index in [1.807, 2.05) is 36.4 Å². The number of nitrogens with one attached hydrogen (secondary N) is 1. The van der Waals surface area contributed by atoms with E-state index in [-0.39, 0.29) is 5.75 Å². The van der Waals surface area contributed by atoms with Crippen molar-refractivity contribution in [1.29, 1.82) is 0 Å². The van der Waals surface area contributed by atoms with Crippen LogP contribution in [0.15, 0.2) is 54.7 Å². The van der Waals surface area contributed by atoms with E-state index in [0.29, 0.717) is 13.0 Å². The van der Waals surface area contributed by atoms with Crippen LogP contribution in [0.4, 0.5) is 0 Å². The van der Waals surface area contributed by atoms with Gasteiger partial charge in [0.25, 0.3) is 0 Å². The van der Waals surface area contributed by atoms with E-state index in [4.69, 9.17) is 0 Å². The van der Waals surface area contributed by atoms with Crippen LogP contribution in [0.2, 0.25) is 0 Å². The second kappa shape index (κ2) is 7.90. The molecule has 0 saturated heterocycles. The second-order valence-corrected chi connectivity index (χ2v) is 6.80. The van der Waals surface area contributed by atoms with E-state index in [1.54, 1.807) is 6.20 Å². The van der Waals surface area contributed by atoms with Crippen molar-refractivity contribution in [3.8, 4) is 0 Å². The summed E-state index contributed by atoms with van der Waals surface area (Å²) in [5.41, 5.74) is 2.03. The van der Waals surface area contributed by atoms with Crippen molar-refractivity contribution >= 4 is 10.0 Å². The molecule has 0 spiro atoms. The zero-order valence-corrected chi connectivity index (χ0v) is 12.7. The molecule has 0 aliphatic rings. The highest BCUT2D eigenvalue weighted by molar-refractivity contribution is 7.89. The Bertz CT molecular complexity index is 628. The first-order valence-electron chi connectivity index (χ1n) is 7.07. The molecule has 0 aliphatic heterocycles. The van der Waals surface area contributed by atoms with Crippen molar-refractivity contribution in [3.05, 3.63) is 66.0 Å². The van der Waals surface area contributed by atoms with Crippen molar-refractivity contribution in [2.45, 2.75) is 19.3 Å². The summed E-state index contributed by atoms with van der Waals surface area (Å²) in [6.45, 7) is 0.472. The van der Waals surface area contributed by atoms with E-state index < -0.39 is 10.0 Å². The highest BCUT2D eigenvalue weighted by Gasteiger charge is 2.09. The van der Waals surface area contributed by atoms with Crippen molar-refractivity contribution in [2.24, 2.45) is 0 Å². The zero-order chi connectivity index (χ0) is 15.0. The maximum atomic E-state index is 11.9. The Kier molecular flexibility index (Phi) is 5.90. The molecular formula is C16H20N2O2S. The van der Waals surface area contributed by atoms with E-state index >= 15 is 0 Å². The number of hydrogen-bond donors (Lipinski definition) is 1. The molecule has 1 N–H and O–H groups in total. The van der Waals surface area contributed by atoms with E-state index in [0.717, 1.165) is 18.5 Å². The van der Waals surface area contributed by atoms with Crippen LogP contribution in [0.5, 0.6) is 0 Å². The molecule has 0 amide bonds. The largest absolute Gasteiger partial charge is 0.261 e. The maximum Gasteiger partial charge on any atom is 0.211 e. The van der Waals surface area contributed by atoms with Crippen LogP contribution in [0.25, 0.3) is 0 Å². The molecule has 2 aromatic rings. The van der Waals surface area contributed by atoms with Gasteiger partial charge in [0.15, 0.2) is 0 Å². The zero-order valence-electron chi connectivity index (χ0n) is 11.9. The summed E-state index contributed by atoms with van der Waals surface area (Å²) in [6.07, 6.45) is 3.79. The number of benzene rings is 1. The molecule has 1 heterocycles. The van der Waals surface area contributed by atoms with Gasteiger partial charge in [0, 0.05) is 24.9 Å². The summed E-state index contributed by atoms with van der Waals surface area (Å²) in [4.78, 5) is 4.13. The molecule has 4 nitrogen and oxygen atoms in total. The quantitative estimate of drug-likeness (QED) is 0.760.